The van der Waals surface area contributed by atoms with Gasteiger partial charge in [0.05, 0.1) is 17.8 Å². The van der Waals surface area contributed by atoms with E-state index >= 15 is 0 Å². The summed E-state index contributed by atoms with van der Waals surface area (Å²) in [4.78, 5) is 31.2. The number of aryl methyl sites for hydroxylation is 2. The lowest BCUT2D eigenvalue weighted by atomic mass is 10.0. The largest absolute Gasteiger partial charge is 0.484 e. The Hall–Kier alpha value is -3.99. The van der Waals surface area contributed by atoms with Crippen molar-refractivity contribution in [3.63, 3.8) is 0 Å². The van der Waals surface area contributed by atoms with Crippen LogP contribution in [-0.2, 0) is 18.9 Å². The van der Waals surface area contributed by atoms with E-state index in [0.29, 0.717) is 5.75 Å². The van der Waals surface area contributed by atoms with Crippen LogP contribution in [0.3, 0.4) is 0 Å². The van der Waals surface area contributed by atoms with E-state index in [4.69, 9.17) is 14.7 Å². The first-order chi connectivity index (χ1) is 19.1. The number of nitrogens with one attached hydrogen (secondary N) is 1. The highest BCUT2D eigenvalue weighted by atomic mass is 16.5. The van der Waals surface area contributed by atoms with Crippen molar-refractivity contribution in [3.8, 4) is 17.1 Å². The molecule has 2 aliphatic rings. The number of amides is 1. The molecule has 4 aromatic rings. The lowest BCUT2D eigenvalue weighted by Gasteiger charge is -2.37. The first-order valence-corrected chi connectivity index (χ1v) is 13.7. The van der Waals surface area contributed by atoms with Crippen molar-refractivity contribution < 1.29 is 9.53 Å². The summed E-state index contributed by atoms with van der Waals surface area (Å²) in [7, 11) is 3.86. The van der Waals surface area contributed by atoms with Crippen molar-refractivity contribution in [1.29, 1.82) is 0 Å². The third-order valence-corrected chi connectivity index (χ3v) is 7.68. The second kappa shape index (κ2) is 11.0. The maximum Gasteiger partial charge on any atom is 0.260 e. The first kappa shape index (κ1) is 25.3. The second-order valence-electron chi connectivity index (χ2n) is 10.3. The Morgan fingerprint density at radius 2 is 1.95 bits per heavy atom. The van der Waals surface area contributed by atoms with E-state index in [1.807, 2.05) is 54.2 Å². The van der Waals surface area contributed by atoms with Gasteiger partial charge in [-0.2, -0.15) is 5.10 Å². The quantitative estimate of drug-likeness (QED) is 0.407. The molecule has 1 aromatic carbocycles. The number of hydrogen-bond donors (Lipinski definition) is 1. The van der Waals surface area contributed by atoms with Gasteiger partial charge in [0, 0.05) is 53.0 Å². The minimum atomic E-state index is 0.0190. The van der Waals surface area contributed by atoms with E-state index in [0.717, 1.165) is 79.5 Å². The lowest BCUT2D eigenvalue weighted by Crippen LogP contribution is -2.46. The summed E-state index contributed by atoms with van der Waals surface area (Å²) in [5.74, 6) is 2.37. The van der Waals surface area contributed by atoms with Crippen LogP contribution in [0.4, 0.5) is 5.82 Å². The molecule has 1 atom stereocenters. The topological polar surface area (TPSA) is 106 Å². The Labute approximate surface area is 227 Å². The van der Waals surface area contributed by atoms with Gasteiger partial charge in [-0.15, -0.1) is 0 Å². The Bertz CT molecular complexity index is 1450. The molecule has 11 heteroatoms. The molecule has 2 saturated heterocycles. The molecule has 0 radical (unpaired) electrons. The van der Waals surface area contributed by atoms with Crippen molar-refractivity contribution in [2.75, 3.05) is 44.2 Å². The molecule has 39 heavy (non-hydrogen) atoms. The summed E-state index contributed by atoms with van der Waals surface area (Å²) in [5.41, 5.74) is 3.57. The van der Waals surface area contributed by atoms with Crippen LogP contribution in [0.1, 0.15) is 37.3 Å². The van der Waals surface area contributed by atoms with Crippen LogP contribution >= 0.6 is 0 Å². The Morgan fingerprint density at radius 1 is 1.10 bits per heavy atom. The van der Waals surface area contributed by atoms with Crippen molar-refractivity contribution in [2.45, 2.75) is 31.7 Å². The summed E-state index contributed by atoms with van der Waals surface area (Å²) in [6.45, 7) is 4.08. The maximum absolute atomic E-state index is 12.8. The van der Waals surface area contributed by atoms with Crippen molar-refractivity contribution in [3.05, 3.63) is 48.5 Å². The first-order valence-electron chi connectivity index (χ1n) is 13.7. The van der Waals surface area contributed by atoms with Crippen molar-refractivity contribution in [1.82, 2.24) is 39.5 Å². The minimum Gasteiger partial charge on any atom is -0.484 e. The molecule has 0 saturated carbocycles. The summed E-state index contributed by atoms with van der Waals surface area (Å²) < 4.78 is 9.75. The number of hydrogen-bond acceptors (Lipinski definition) is 8. The highest BCUT2D eigenvalue weighted by Gasteiger charge is 2.29. The SMILES string of the molecule is Cn1cc(-c2nc3c(N4CCNCC4c4cccc(OCC(=O)N5CCCCCC5)c4)ncnc3n2C)cn1. The fourth-order valence-corrected chi connectivity index (χ4v) is 5.62. The van der Waals surface area contributed by atoms with Crippen LogP contribution in [0.15, 0.2) is 43.0 Å². The third-order valence-electron chi connectivity index (χ3n) is 7.68. The second-order valence-corrected chi connectivity index (χ2v) is 10.3. The molecule has 2 aliphatic heterocycles. The van der Waals surface area contributed by atoms with E-state index < -0.39 is 0 Å². The van der Waals surface area contributed by atoms with Gasteiger partial charge in [0.15, 0.2) is 23.6 Å². The number of piperazine rings is 1. The van der Waals surface area contributed by atoms with E-state index in [1.165, 1.54) is 12.8 Å². The van der Waals surface area contributed by atoms with Crippen LogP contribution < -0.4 is 15.0 Å². The van der Waals surface area contributed by atoms with Gasteiger partial charge in [-0.3, -0.25) is 9.48 Å². The summed E-state index contributed by atoms with van der Waals surface area (Å²) in [6.07, 6.45) is 9.90. The average molecular weight is 530 g/mol. The molecule has 5 heterocycles. The van der Waals surface area contributed by atoms with Crippen LogP contribution in [0.2, 0.25) is 0 Å². The average Bonchev–Trinajstić information content (AvgIpc) is 3.42. The van der Waals surface area contributed by atoms with Gasteiger partial charge < -0.3 is 24.4 Å². The van der Waals surface area contributed by atoms with Crippen LogP contribution in [-0.4, -0.2) is 79.4 Å². The van der Waals surface area contributed by atoms with E-state index in [2.05, 4.69) is 26.4 Å². The number of aromatic nitrogens is 6. The fourth-order valence-electron chi connectivity index (χ4n) is 5.62. The van der Waals surface area contributed by atoms with Gasteiger partial charge in [0.1, 0.15) is 17.9 Å². The molecule has 1 N–H and O–H groups in total. The predicted octanol–water partition coefficient (Wildman–Crippen LogP) is 2.70. The van der Waals surface area contributed by atoms with E-state index in [1.54, 1.807) is 11.0 Å². The molecular formula is C28H35N9O2. The van der Waals surface area contributed by atoms with Crippen LogP contribution in [0, 0.1) is 0 Å². The Morgan fingerprint density at radius 3 is 2.74 bits per heavy atom. The number of anilines is 1. The Kier molecular flexibility index (Phi) is 7.14. The standard InChI is InChI=1S/C28H35N9O2/c1-34-17-21(15-32-34)26-33-25-27(35(26)2)30-19-31-28(25)37-13-10-29-16-23(37)20-8-7-9-22(14-20)39-18-24(38)36-11-5-3-4-6-12-36/h7-9,14-15,17,19,23,29H,3-6,10-13,16,18H2,1-2H3. The molecule has 0 spiro atoms. The molecule has 3 aromatic heterocycles. The molecule has 6 rings (SSSR count). The zero-order valence-corrected chi connectivity index (χ0v) is 22.6. The molecule has 1 amide bonds. The number of ether oxygens (including phenoxy) is 1. The monoisotopic (exact) mass is 529 g/mol. The number of carbonyl (C=O) groups is 1. The van der Waals surface area contributed by atoms with E-state index in [-0.39, 0.29) is 18.6 Å². The fraction of sp³-hybridized carbons (Fsp3) is 0.464. The summed E-state index contributed by atoms with van der Waals surface area (Å²) in [5, 5.41) is 7.83. The molecular weight excluding hydrogens is 494 g/mol. The lowest BCUT2D eigenvalue weighted by molar-refractivity contribution is -0.133. The summed E-state index contributed by atoms with van der Waals surface area (Å²) >= 11 is 0. The number of fused-ring (bicyclic) bond motifs is 1. The van der Waals surface area contributed by atoms with Gasteiger partial charge in [-0.25, -0.2) is 15.0 Å². The van der Waals surface area contributed by atoms with Gasteiger partial charge in [0.2, 0.25) is 0 Å². The molecule has 0 aliphatic carbocycles. The predicted molar refractivity (Wildman–Crippen MR) is 148 cm³/mol. The Balaban J connectivity index is 1.25. The minimum absolute atomic E-state index is 0.0190. The number of carbonyl (C=O) groups excluding carboxylic acids is 1. The molecule has 11 nitrogen and oxygen atoms in total. The van der Waals surface area contributed by atoms with Gasteiger partial charge in [0.25, 0.3) is 5.91 Å². The number of imidazole rings is 1. The summed E-state index contributed by atoms with van der Waals surface area (Å²) in [6, 6.07) is 8.07. The third kappa shape index (κ3) is 5.18. The number of nitrogens with zero attached hydrogens (tertiary/aromatic N) is 8. The normalized spacial score (nSPS) is 18.4. The zero-order chi connectivity index (χ0) is 26.8. The molecule has 0 bridgehead atoms. The van der Waals surface area contributed by atoms with Crippen molar-refractivity contribution >= 4 is 22.9 Å². The van der Waals surface area contributed by atoms with Gasteiger partial charge in [-0.1, -0.05) is 25.0 Å². The van der Waals surface area contributed by atoms with Crippen LogP contribution in [0.25, 0.3) is 22.6 Å². The zero-order valence-electron chi connectivity index (χ0n) is 22.6. The van der Waals surface area contributed by atoms with Crippen molar-refractivity contribution in [2.24, 2.45) is 14.1 Å². The van der Waals surface area contributed by atoms with Gasteiger partial charge in [-0.05, 0) is 30.5 Å². The molecule has 204 valence electrons. The van der Waals surface area contributed by atoms with Gasteiger partial charge >= 0.3 is 0 Å². The maximum atomic E-state index is 12.8. The highest BCUT2D eigenvalue weighted by molar-refractivity contribution is 5.87. The molecule has 1 unspecified atom stereocenters. The number of rotatable bonds is 6. The number of likely N-dealkylation sites (tertiary alicyclic amines) is 1. The van der Waals surface area contributed by atoms with Crippen LogP contribution in [0.5, 0.6) is 5.75 Å². The smallest absolute Gasteiger partial charge is 0.260 e. The van der Waals surface area contributed by atoms with E-state index in [9.17, 15) is 4.79 Å². The molecule has 2 fully saturated rings. The highest BCUT2D eigenvalue weighted by Crippen LogP contribution is 2.34. The number of benzene rings is 1.